The lowest BCUT2D eigenvalue weighted by Crippen LogP contribution is -2.14. The minimum atomic E-state index is -0.472. The summed E-state index contributed by atoms with van der Waals surface area (Å²) in [5, 5.41) is 1.37. The van der Waals surface area contributed by atoms with Gasteiger partial charge in [0, 0.05) is 17.0 Å². The molecule has 2 heteroatoms. The van der Waals surface area contributed by atoms with Crippen LogP contribution in [0.4, 0.5) is 0 Å². The van der Waals surface area contributed by atoms with Crippen molar-refractivity contribution in [2.24, 2.45) is 0 Å². The number of fused-ring (bicyclic) bond motifs is 3. The summed E-state index contributed by atoms with van der Waals surface area (Å²) in [5.74, 6) is 1.04. The molecule has 0 saturated heterocycles. The Hall–Kier alpha value is -1.33. The Labute approximate surface area is 96.9 Å². The molecule has 3 rings (SSSR count). The van der Waals surface area contributed by atoms with Gasteiger partial charge in [0.1, 0.15) is 13.9 Å². The van der Waals surface area contributed by atoms with Gasteiger partial charge < -0.3 is 4.52 Å². The van der Waals surface area contributed by atoms with E-state index in [-0.39, 0.29) is 0 Å². The van der Waals surface area contributed by atoms with Gasteiger partial charge in [-0.1, -0.05) is 49.4 Å². The van der Waals surface area contributed by atoms with Gasteiger partial charge >= 0.3 is 0 Å². The summed E-state index contributed by atoms with van der Waals surface area (Å²) in [6, 6.07) is 16.9. The third-order valence-electron chi connectivity index (χ3n) is 2.85. The molecule has 80 valence electrons. The summed E-state index contributed by atoms with van der Waals surface area (Å²) in [7, 11) is -0.472. The molecule has 1 aliphatic heterocycles. The zero-order valence-electron chi connectivity index (χ0n) is 9.18. The lowest BCUT2D eigenvalue weighted by Gasteiger charge is -2.27. The molecule has 0 amide bonds. The summed E-state index contributed by atoms with van der Waals surface area (Å²) in [6.45, 7) is 2.19. The summed E-state index contributed by atoms with van der Waals surface area (Å²) in [5.41, 5.74) is 2.57. The lowest BCUT2D eigenvalue weighted by molar-refractivity contribution is 0.621. The van der Waals surface area contributed by atoms with Crippen molar-refractivity contribution in [2.45, 2.75) is 6.92 Å². The van der Waals surface area contributed by atoms with E-state index in [0.717, 1.165) is 11.9 Å². The molecule has 1 atom stereocenters. The van der Waals surface area contributed by atoms with Crippen molar-refractivity contribution in [3.63, 3.8) is 0 Å². The maximum absolute atomic E-state index is 6.07. The molecule has 1 heterocycles. The zero-order valence-corrected chi connectivity index (χ0v) is 10.1. The first kappa shape index (κ1) is 9.86. The highest BCUT2D eigenvalue weighted by Crippen LogP contribution is 2.47. The van der Waals surface area contributed by atoms with Crippen molar-refractivity contribution in [3.05, 3.63) is 48.5 Å². The van der Waals surface area contributed by atoms with Crippen LogP contribution >= 0.6 is 8.15 Å². The maximum atomic E-state index is 6.07. The van der Waals surface area contributed by atoms with E-state index in [1.165, 1.54) is 16.4 Å². The van der Waals surface area contributed by atoms with Crippen molar-refractivity contribution in [3.8, 4) is 16.9 Å². The SMILES string of the molecule is CCP1Oc2ccccc2-c2ccccc21. The highest BCUT2D eigenvalue weighted by Gasteiger charge is 2.24. The molecular formula is C14H13OP. The first-order valence-electron chi connectivity index (χ1n) is 5.54. The van der Waals surface area contributed by atoms with Gasteiger partial charge in [0.25, 0.3) is 0 Å². The van der Waals surface area contributed by atoms with Crippen LogP contribution in [-0.4, -0.2) is 6.16 Å². The maximum Gasteiger partial charge on any atom is 0.131 e. The van der Waals surface area contributed by atoms with E-state index >= 15 is 0 Å². The van der Waals surface area contributed by atoms with Crippen LogP contribution < -0.4 is 9.83 Å². The molecule has 16 heavy (non-hydrogen) atoms. The standard InChI is InChI=1S/C14H13OP/c1-2-16-14-10-6-4-8-12(14)11-7-3-5-9-13(11)15-16/h3-10H,2H2,1H3. The van der Waals surface area contributed by atoms with Crippen molar-refractivity contribution in [1.82, 2.24) is 0 Å². The van der Waals surface area contributed by atoms with Crippen LogP contribution in [-0.2, 0) is 0 Å². The Morgan fingerprint density at radius 2 is 1.62 bits per heavy atom. The molecule has 1 nitrogen and oxygen atoms in total. The highest BCUT2D eigenvalue weighted by atomic mass is 31.1. The second-order valence-electron chi connectivity index (χ2n) is 3.80. The Kier molecular flexibility index (Phi) is 2.41. The molecule has 0 bridgehead atoms. The van der Waals surface area contributed by atoms with Crippen molar-refractivity contribution in [2.75, 3.05) is 6.16 Å². The second-order valence-corrected chi connectivity index (χ2v) is 5.85. The number of benzene rings is 2. The Bertz CT molecular complexity index is 522. The molecule has 0 saturated carbocycles. The van der Waals surface area contributed by atoms with E-state index in [2.05, 4.69) is 49.4 Å². The predicted octanol–water partition coefficient (Wildman–Crippen LogP) is 3.79. The fourth-order valence-corrected chi connectivity index (χ4v) is 3.77. The van der Waals surface area contributed by atoms with Crippen molar-refractivity contribution < 1.29 is 4.52 Å². The third kappa shape index (κ3) is 1.44. The average molecular weight is 228 g/mol. The minimum Gasteiger partial charge on any atom is -0.469 e. The largest absolute Gasteiger partial charge is 0.469 e. The van der Waals surface area contributed by atoms with Crippen LogP contribution in [0.15, 0.2) is 48.5 Å². The number of hydrogen-bond donors (Lipinski definition) is 0. The smallest absolute Gasteiger partial charge is 0.131 e. The van der Waals surface area contributed by atoms with Crippen LogP contribution in [0.25, 0.3) is 11.1 Å². The molecule has 2 aromatic carbocycles. The summed E-state index contributed by atoms with van der Waals surface area (Å²) >= 11 is 0. The number of hydrogen-bond acceptors (Lipinski definition) is 1. The third-order valence-corrected chi connectivity index (χ3v) is 4.76. The lowest BCUT2D eigenvalue weighted by atomic mass is 10.0. The fourth-order valence-electron chi connectivity index (χ4n) is 2.09. The van der Waals surface area contributed by atoms with Crippen molar-refractivity contribution in [1.29, 1.82) is 0 Å². The molecule has 0 aromatic heterocycles. The second kappa shape index (κ2) is 3.92. The van der Waals surface area contributed by atoms with Crippen LogP contribution in [0, 0.1) is 0 Å². The zero-order chi connectivity index (χ0) is 11.0. The highest BCUT2D eigenvalue weighted by molar-refractivity contribution is 7.61. The molecule has 0 radical (unpaired) electrons. The molecule has 0 aliphatic carbocycles. The van der Waals surface area contributed by atoms with Gasteiger partial charge in [-0.2, -0.15) is 0 Å². The van der Waals surface area contributed by atoms with E-state index in [1.54, 1.807) is 0 Å². The first-order chi connectivity index (χ1) is 7.90. The predicted molar refractivity (Wildman–Crippen MR) is 69.6 cm³/mol. The molecular weight excluding hydrogens is 215 g/mol. The summed E-state index contributed by atoms with van der Waals surface area (Å²) in [6.07, 6.45) is 1.07. The summed E-state index contributed by atoms with van der Waals surface area (Å²) < 4.78 is 6.07. The van der Waals surface area contributed by atoms with Gasteiger partial charge in [-0.15, -0.1) is 0 Å². The minimum absolute atomic E-state index is 0.472. The molecule has 0 spiro atoms. The van der Waals surface area contributed by atoms with Gasteiger partial charge in [0.2, 0.25) is 0 Å². The number of rotatable bonds is 1. The van der Waals surface area contributed by atoms with Crippen LogP contribution in [0.1, 0.15) is 6.92 Å². The van der Waals surface area contributed by atoms with E-state index in [9.17, 15) is 0 Å². The quantitative estimate of drug-likeness (QED) is 0.675. The van der Waals surface area contributed by atoms with Crippen LogP contribution in [0.5, 0.6) is 5.75 Å². The average Bonchev–Trinajstić information content (AvgIpc) is 2.38. The van der Waals surface area contributed by atoms with E-state index in [4.69, 9.17) is 4.52 Å². The topological polar surface area (TPSA) is 9.23 Å². The normalized spacial score (nSPS) is 17.2. The van der Waals surface area contributed by atoms with Crippen LogP contribution in [0.3, 0.4) is 0 Å². The molecule has 1 unspecified atom stereocenters. The Morgan fingerprint density at radius 1 is 0.938 bits per heavy atom. The van der Waals surface area contributed by atoms with E-state index in [0.29, 0.717) is 0 Å². The Morgan fingerprint density at radius 3 is 2.44 bits per heavy atom. The van der Waals surface area contributed by atoms with Crippen molar-refractivity contribution >= 4 is 13.5 Å². The first-order valence-corrected chi connectivity index (χ1v) is 6.98. The summed E-state index contributed by atoms with van der Waals surface area (Å²) in [4.78, 5) is 0. The number of para-hydroxylation sites is 1. The molecule has 2 aromatic rings. The molecule has 0 N–H and O–H groups in total. The van der Waals surface area contributed by atoms with E-state index in [1.807, 2.05) is 6.07 Å². The molecule has 0 fully saturated rings. The van der Waals surface area contributed by atoms with E-state index < -0.39 is 8.15 Å². The van der Waals surface area contributed by atoms with Gasteiger partial charge in [-0.25, -0.2) is 0 Å². The van der Waals surface area contributed by atoms with Gasteiger partial charge in [0.15, 0.2) is 0 Å². The molecule has 1 aliphatic rings. The van der Waals surface area contributed by atoms with Gasteiger partial charge in [-0.05, 0) is 11.6 Å². The van der Waals surface area contributed by atoms with Gasteiger partial charge in [-0.3, -0.25) is 0 Å². The van der Waals surface area contributed by atoms with Crippen LogP contribution in [0.2, 0.25) is 0 Å². The van der Waals surface area contributed by atoms with Gasteiger partial charge in [0.05, 0.1) is 0 Å². The fraction of sp³-hybridized carbons (Fsp3) is 0.143. The Balaban J connectivity index is 2.24. The monoisotopic (exact) mass is 228 g/mol.